The van der Waals surface area contributed by atoms with Crippen LogP contribution < -0.4 is 5.06 Å². The Kier molecular flexibility index (Phi) is 4.92. The first kappa shape index (κ1) is 17.7. The van der Waals surface area contributed by atoms with Crippen LogP contribution in [0.4, 0.5) is 11.4 Å². The molecule has 2 heterocycles. The molecule has 0 saturated carbocycles. The van der Waals surface area contributed by atoms with Crippen molar-refractivity contribution in [2.24, 2.45) is 0 Å². The van der Waals surface area contributed by atoms with Crippen LogP contribution in [0.15, 0.2) is 66.0 Å². The number of hydrogen-bond acceptors (Lipinski definition) is 5. The number of nitro groups is 1. The number of benzene rings is 2. The van der Waals surface area contributed by atoms with E-state index in [4.69, 9.17) is 4.84 Å². The Morgan fingerprint density at radius 3 is 2.52 bits per heavy atom. The number of aryl methyl sites for hydroxylation is 1. The van der Waals surface area contributed by atoms with Crippen LogP contribution in [-0.2, 0) is 11.3 Å². The highest BCUT2D eigenvalue weighted by molar-refractivity contribution is 7.10. The summed E-state index contributed by atoms with van der Waals surface area (Å²) in [6.45, 7) is 2.08. The maximum atomic E-state index is 10.9. The highest BCUT2D eigenvalue weighted by Gasteiger charge is 2.35. The molecule has 1 aliphatic heterocycles. The third kappa shape index (κ3) is 3.86. The second-order valence-corrected chi connectivity index (χ2v) is 7.77. The van der Waals surface area contributed by atoms with Gasteiger partial charge in [-0.25, -0.2) is 5.06 Å². The molecule has 138 valence electrons. The van der Waals surface area contributed by atoms with Crippen LogP contribution in [0, 0.1) is 17.0 Å². The van der Waals surface area contributed by atoms with Crippen LogP contribution in [-0.4, -0.2) is 11.0 Å². The minimum Gasteiger partial charge on any atom is -0.264 e. The second kappa shape index (κ2) is 7.50. The summed E-state index contributed by atoms with van der Waals surface area (Å²) in [4.78, 5) is 18.0. The summed E-state index contributed by atoms with van der Waals surface area (Å²) in [5.74, 6) is 0. The highest BCUT2D eigenvalue weighted by atomic mass is 32.1. The summed E-state index contributed by atoms with van der Waals surface area (Å²) in [6, 6.07) is 19.4. The smallest absolute Gasteiger partial charge is 0.264 e. The molecule has 0 aliphatic carbocycles. The first-order valence-electron chi connectivity index (χ1n) is 8.89. The van der Waals surface area contributed by atoms with E-state index in [2.05, 4.69) is 42.6 Å². The number of anilines is 1. The van der Waals surface area contributed by atoms with Crippen molar-refractivity contribution >= 4 is 22.7 Å². The van der Waals surface area contributed by atoms with Gasteiger partial charge in [-0.1, -0.05) is 35.9 Å². The molecular weight excluding hydrogens is 360 g/mol. The van der Waals surface area contributed by atoms with Gasteiger partial charge in [0.2, 0.25) is 0 Å². The predicted octanol–water partition coefficient (Wildman–Crippen LogP) is 5.46. The topological polar surface area (TPSA) is 55.6 Å². The van der Waals surface area contributed by atoms with Crippen molar-refractivity contribution in [3.05, 3.63) is 92.2 Å². The van der Waals surface area contributed by atoms with Crippen molar-refractivity contribution in [1.29, 1.82) is 0 Å². The lowest BCUT2D eigenvalue weighted by atomic mass is 10.00. The van der Waals surface area contributed by atoms with Crippen molar-refractivity contribution in [1.82, 2.24) is 0 Å². The minimum absolute atomic E-state index is 0.00985. The molecule has 2 aromatic carbocycles. The third-order valence-electron chi connectivity index (χ3n) is 4.83. The lowest BCUT2D eigenvalue weighted by molar-refractivity contribution is -0.384. The molecule has 1 aliphatic rings. The molecule has 0 spiro atoms. The number of hydrogen-bond donors (Lipinski definition) is 0. The number of thiophene rings is 1. The van der Waals surface area contributed by atoms with Gasteiger partial charge >= 0.3 is 0 Å². The van der Waals surface area contributed by atoms with Gasteiger partial charge in [-0.05, 0) is 42.5 Å². The van der Waals surface area contributed by atoms with Crippen LogP contribution in [0.2, 0.25) is 0 Å². The maximum absolute atomic E-state index is 10.9. The molecule has 4 rings (SSSR count). The quantitative estimate of drug-likeness (QED) is 0.436. The number of non-ortho nitro benzene ring substituents is 1. The minimum atomic E-state index is -0.382. The largest absolute Gasteiger partial charge is 0.269 e. The maximum Gasteiger partial charge on any atom is 0.269 e. The zero-order valence-corrected chi connectivity index (χ0v) is 15.8. The van der Waals surface area contributed by atoms with E-state index >= 15 is 0 Å². The summed E-state index contributed by atoms with van der Waals surface area (Å²) in [5, 5.41) is 14.9. The van der Waals surface area contributed by atoms with Crippen molar-refractivity contribution < 1.29 is 9.76 Å². The number of nitrogens with zero attached hydrogens (tertiary/aromatic N) is 2. The van der Waals surface area contributed by atoms with Gasteiger partial charge in [-0.15, -0.1) is 11.3 Å². The molecule has 6 heteroatoms. The summed E-state index contributed by atoms with van der Waals surface area (Å²) in [7, 11) is 0. The Hall–Kier alpha value is -2.70. The van der Waals surface area contributed by atoms with Crippen molar-refractivity contribution in [2.45, 2.75) is 31.9 Å². The Morgan fingerprint density at radius 2 is 1.89 bits per heavy atom. The number of rotatable bonds is 5. The molecular formula is C21H20N2O3S. The van der Waals surface area contributed by atoms with Gasteiger partial charge in [0, 0.05) is 23.4 Å². The van der Waals surface area contributed by atoms with E-state index in [1.54, 1.807) is 23.5 Å². The van der Waals surface area contributed by atoms with E-state index in [0.717, 1.165) is 18.5 Å². The Morgan fingerprint density at radius 1 is 1.15 bits per heavy atom. The monoisotopic (exact) mass is 380 g/mol. The SMILES string of the molecule is Cc1ccc(C[C@@H]2C[C@H](c3cccs3)ON2c2ccc([N+](=O)[O-])cc2)cc1. The van der Waals surface area contributed by atoms with E-state index in [1.807, 2.05) is 11.1 Å². The van der Waals surface area contributed by atoms with E-state index in [0.29, 0.717) is 0 Å². The molecule has 1 aromatic heterocycles. The van der Waals surface area contributed by atoms with Crippen LogP contribution in [0.1, 0.15) is 28.5 Å². The van der Waals surface area contributed by atoms with E-state index < -0.39 is 0 Å². The zero-order valence-electron chi connectivity index (χ0n) is 14.9. The fourth-order valence-electron chi connectivity index (χ4n) is 3.41. The fourth-order valence-corrected chi connectivity index (χ4v) is 4.17. The van der Waals surface area contributed by atoms with Gasteiger partial charge in [0.05, 0.1) is 16.7 Å². The lowest BCUT2D eigenvalue weighted by Gasteiger charge is -2.25. The molecule has 0 bridgehead atoms. The molecule has 0 N–H and O–H groups in total. The first-order valence-corrected chi connectivity index (χ1v) is 9.77. The second-order valence-electron chi connectivity index (χ2n) is 6.79. The molecule has 2 atom stereocenters. The van der Waals surface area contributed by atoms with E-state index in [1.165, 1.54) is 28.1 Å². The normalized spacial score (nSPS) is 19.4. The summed E-state index contributed by atoms with van der Waals surface area (Å²) in [6.07, 6.45) is 1.75. The molecule has 0 amide bonds. The van der Waals surface area contributed by atoms with Crippen molar-refractivity contribution in [2.75, 3.05) is 5.06 Å². The predicted molar refractivity (Wildman–Crippen MR) is 107 cm³/mol. The Balaban J connectivity index is 1.60. The molecule has 1 fully saturated rings. The van der Waals surface area contributed by atoms with Gasteiger partial charge < -0.3 is 0 Å². The lowest BCUT2D eigenvalue weighted by Crippen LogP contribution is -2.29. The van der Waals surface area contributed by atoms with Gasteiger partial charge in [0.1, 0.15) is 6.10 Å². The van der Waals surface area contributed by atoms with Gasteiger partial charge in [0.25, 0.3) is 5.69 Å². The van der Waals surface area contributed by atoms with E-state index in [-0.39, 0.29) is 22.8 Å². The van der Waals surface area contributed by atoms with Crippen molar-refractivity contribution in [3.8, 4) is 0 Å². The molecule has 5 nitrogen and oxygen atoms in total. The first-order chi connectivity index (χ1) is 13.1. The summed E-state index contributed by atoms with van der Waals surface area (Å²) < 4.78 is 0. The molecule has 27 heavy (non-hydrogen) atoms. The Bertz CT molecular complexity index is 908. The fraction of sp³-hybridized carbons (Fsp3) is 0.238. The van der Waals surface area contributed by atoms with Gasteiger partial charge in [-0.3, -0.25) is 15.0 Å². The average molecular weight is 380 g/mol. The van der Waals surface area contributed by atoms with Crippen LogP contribution >= 0.6 is 11.3 Å². The van der Waals surface area contributed by atoms with Crippen LogP contribution in [0.3, 0.4) is 0 Å². The highest BCUT2D eigenvalue weighted by Crippen LogP contribution is 2.39. The number of nitro benzene ring substituents is 1. The van der Waals surface area contributed by atoms with Gasteiger partial charge in [-0.2, -0.15) is 0 Å². The van der Waals surface area contributed by atoms with Crippen LogP contribution in [0.25, 0.3) is 0 Å². The zero-order chi connectivity index (χ0) is 18.8. The Labute approximate surface area is 161 Å². The summed E-state index contributed by atoms with van der Waals surface area (Å²) >= 11 is 1.69. The third-order valence-corrected chi connectivity index (χ3v) is 5.79. The standard InChI is InChI=1S/C21H20N2O3S/c1-15-4-6-16(7-5-15)13-19-14-20(21-3-2-12-27-21)26-22(19)17-8-10-18(11-9-17)23(24)25/h2-12,19-20H,13-14H2,1H3/t19-,20-/m1/s1. The molecule has 3 aromatic rings. The summed E-state index contributed by atoms with van der Waals surface area (Å²) in [5.41, 5.74) is 3.43. The van der Waals surface area contributed by atoms with E-state index in [9.17, 15) is 10.1 Å². The molecule has 1 saturated heterocycles. The average Bonchev–Trinajstić information content (AvgIpc) is 3.33. The molecule has 0 radical (unpaired) electrons. The molecule has 0 unspecified atom stereocenters. The van der Waals surface area contributed by atoms with Crippen molar-refractivity contribution in [3.63, 3.8) is 0 Å². The number of hydroxylamine groups is 1. The van der Waals surface area contributed by atoms with Crippen LogP contribution in [0.5, 0.6) is 0 Å². The van der Waals surface area contributed by atoms with Gasteiger partial charge in [0.15, 0.2) is 0 Å².